The van der Waals surface area contributed by atoms with Crippen LogP contribution in [0.25, 0.3) is 0 Å². The van der Waals surface area contributed by atoms with Crippen LogP contribution in [0.3, 0.4) is 0 Å². The zero-order valence-corrected chi connectivity index (χ0v) is 10.5. The molecule has 0 amide bonds. The van der Waals surface area contributed by atoms with Gasteiger partial charge in [0.2, 0.25) is 0 Å². The molecule has 0 unspecified atom stereocenters. The van der Waals surface area contributed by atoms with Crippen molar-refractivity contribution in [2.24, 2.45) is 5.73 Å². The molecule has 0 bridgehead atoms. The van der Waals surface area contributed by atoms with Crippen LogP contribution >= 0.6 is 47.2 Å². The Labute approximate surface area is 109 Å². The molecule has 1 atom stereocenters. The number of halogens is 4. The fraction of sp³-hybridized carbons (Fsp3) is 0.250. The van der Waals surface area contributed by atoms with E-state index >= 15 is 0 Å². The Hall–Kier alpha value is -0.240. The Kier molecular flexibility index (Phi) is 6.26. The van der Waals surface area contributed by atoms with Crippen LogP contribution in [0, 0.1) is 11.3 Å². The Morgan fingerprint density at radius 2 is 2.07 bits per heavy atom. The molecule has 0 fully saturated rings. The van der Waals surface area contributed by atoms with Gasteiger partial charge in [0, 0.05) is 17.8 Å². The van der Waals surface area contributed by atoms with E-state index in [9.17, 15) is 0 Å². The maximum atomic E-state index is 8.48. The van der Waals surface area contributed by atoms with E-state index in [1.165, 1.54) is 6.20 Å². The van der Waals surface area contributed by atoms with E-state index in [1.54, 1.807) is 0 Å². The average molecular weight is 287 g/mol. The molecule has 0 aliphatic rings. The molecular formula is C8H7Cl4N3. The summed E-state index contributed by atoms with van der Waals surface area (Å²) in [6.45, 7) is 0. The number of nitrogens with two attached hydrogens (primary N) is 1. The minimum Gasteiger partial charge on any atom is -0.323 e. The van der Waals surface area contributed by atoms with Gasteiger partial charge in [-0.15, -0.1) is 12.4 Å². The van der Waals surface area contributed by atoms with Crippen molar-refractivity contribution in [3.8, 4) is 6.07 Å². The maximum absolute atomic E-state index is 8.48. The molecule has 2 N–H and O–H groups in total. The van der Waals surface area contributed by atoms with Gasteiger partial charge in [0.15, 0.2) is 0 Å². The first-order valence-corrected chi connectivity index (χ1v) is 4.83. The van der Waals surface area contributed by atoms with Crippen molar-refractivity contribution in [2.75, 3.05) is 0 Å². The standard InChI is InChI=1S/C8H6Cl3N3.ClH/c9-4-3-14-8(11)7(10)6(4)5(13)1-2-12;/h3,5H,1,13H2;1H/t5-;/m1./s1. The molecule has 1 aromatic heterocycles. The van der Waals surface area contributed by atoms with Gasteiger partial charge in [0.25, 0.3) is 0 Å². The molecule has 0 radical (unpaired) electrons. The van der Waals surface area contributed by atoms with E-state index in [0.717, 1.165) is 0 Å². The maximum Gasteiger partial charge on any atom is 0.148 e. The quantitative estimate of drug-likeness (QED) is 0.848. The van der Waals surface area contributed by atoms with Crippen LogP contribution in [-0.2, 0) is 0 Å². The zero-order chi connectivity index (χ0) is 10.7. The van der Waals surface area contributed by atoms with Crippen molar-refractivity contribution in [3.05, 3.63) is 27.0 Å². The summed E-state index contributed by atoms with van der Waals surface area (Å²) in [5, 5.41) is 9.15. The van der Waals surface area contributed by atoms with Gasteiger partial charge in [-0.25, -0.2) is 4.98 Å². The lowest BCUT2D eigenvalue weighted by Gasteiger charge is -2.12. The molecule has 0 aromatic carbocycles. The van der Waals surface area contributed by atoms with E-state index in [-0.39, 0.29) is 29.0 Å². The van der Waals surface area contributed by atoms with Gasteiger partial charge < -0.3 is 5.73 Å². The lowest BCUT2D eigenvalue weighted by Crippen LogP contribution is -2.11. The first-order chi connectivity index (χ1) is 6.57. The van der Waals surface area contributed by atoms with Crippen molar-refractivity contribution in [3.63, 3.8) is 0 Å². The highest BCUT2D eigenvalue weighted by atomic mass is 35.5. The minimum absolute atomic E-state index is 0. The van der Waals surface area contributed by atoms with Gasteiger partial charge in [-0.3, -0.25) is 0 Å². The molecule has 0 aliphatic heterocycles. The van der Waals surface area contributed by atoms with Gasteiger partial charge in [0.1, 0.15) is 5.15 Å². The van der Waals surface area contributed by atoms with E-state index < -0.39 is 6.04 Å². The van der Waals surface area contributed by atoms with Crippen LogP contribution in [0.5, 0.6) is 0 Å². The van der Waals surface area contributed by atoms with Crippen molar-refractivity contribution in [2.45, 2.75) is 12.5 Å². The summed E-state index contributed by atoms with van der Waals surface area (Å²) in [6, 6.07) is 1.39. The summed E-state index contributed by atoms with van der Waals surface area (Å²) >= 11 is 17.4. The average Bonchev–Trinajstić information content (AvgIpc) is 2.13. The number of hydrogen-bond acceptors (Lipinski definition) is 3. The van der Waals surface area contributed by atoms with Gasteiger partial charge in [-0.2, -0.15) is 5.26 Å². The molecule has 0 aliphatic carbocycles. The van der Waals surface area contributed by atoms with Crippen molar-refractivity contribution in [1.29, 1.82) is 5.26 Å². The summed E-state index contributed by atoms with van der Waals surface area (Å²) in [4.78, 5) is 3.74. The Bertz CT molecular complexity index is 388. The molecule has 1 rings (SSSR count). The fourth-order valence-corrected chi connectivity index (χ4v) is 1.77. The van der Waals surface area contributed by atoms with Crippen LogP contribution in [0.4, 0.5) is 0 Å². The molecule has 15 heavy (non-hydrogen) atoms. The van der Waals surface area contributed by atoms with Crippen LogP contribution < -0.4 is 5.73 Å². The van der Waals surface area contributed by atoms with Crippen LogP contribution in [-0.4, -0.2) is 4.98 Å². The van der Waals surface area contributed by atoms with Crippen molar-refractivity contribution in [1.82, 2.24) is 4.98 Å². The number of nitrogens with zero attached hydrogens (tertiary/aromatic N) is 2. The number of pyridine rings is 1. The summed E-state index contributed by atoms with van der Waals surface area (Å²) in [5.74, 6) is 0. The molecule has 1 heterocycles. The SMILES string of the molecule is Cl.N#CC[C@@H](N)c1c(Cl)cnc(Cl)c1Cl. The van der Waals surface area contributed by atoms with Crippen molar-refractivity contribution < 1.29 is 0 Å². The fourth-order valence-electron chi connectivity index (χ4n) is 0.996. The monoisotopic (exact) mass is 285 g/mol. The largest absolute Gasteiger partial charge is 0.323 e. The lowest BCUT2D eigenvalue weighted by atomic mass is 10.1. The van der Waals surface area contributed by atoms with E-state index in [2.05, 4.69) is 4.98 Å². The first-order valence-electron chi connectivity index (χ1n) is 3.69. The van der Waals surface area contributed by atoms with Gasteiger partial charge in [0.05, 0.1) is 22.5 Å². The summed E-state index contributed by atoms with van der Waals surface area (Å²) in [5.41, 5.74) is 6.17. The number of nitriles is 1. The third-order valence-corrected chi connectivity index (χ3v) is 2.72. The molecule has 0 saturated heterocycles. The molecule has 0 saturated carbocycles. The molecular weight excluding hydrogens is 280 g/mol. The molecule has 3 nitrogen and oxygen atoms in total. The predicted molar refractivity (Wildman–Crippen MR) is 63.7 cm³/mol. The first kappa shape index (κ1) is 14.8. The normalized spacial score (nSPS) is 11.4. The van der Waals surface area contributed by atoms with Crippen LogP contribution in [0.15, 0.2) is 6.20 Å². The summed E-state index contributed by atoms with van der Waals surface area (Å²) in [7, 11) is 0. The summed E-state index contributed by atoms with van der Waals surface area (Å²) in [6.07, 6.45) is 1.49. The highest BCUT2D eigenvalue weighted by molar-refractivity contribution is 6.43. The highest BCUT2D eigenvalue weighted by Crippen LogP contribution is 2.33. The smallest absolute Gasteiger partial charge is 0.148 e. The minimum atomic E-state index is -0.541. The predicted octanol–water partition coefficient (Wildman–Crippen LogP) is 3.38. The second-order valence-corrected chi connectivity index (χ2v) is 3.74. The molecule has 7 heteroatoms. The third kappa shape index (κ3) is 3.37. The van der Waals surface area contributed by atoms with Crippen molar-refractivity contribution >= 4 is 47.2 Å². The van der Waals surface area contributed by atoms with Gasteiger partial charge >= 0.3 is 0 Å². The van der Waals surface area contributed by atoms with E-state index in [0.29, 0.717) is 10.6 Å². The van der Waals surface area contributed by atoms with E-state index in [1.807, 2.05) is 6.07 Å². The molecule has 1 aromatic rings. The molecule has 0 spiro atoms. The number of hydrogen-bond donors (Lipinski definition) is 1. The van der Waals surface area contributed by atoms with Gasteiger partial charge in [-0.05, 0) is 0 Å². The third-order valence-electron chi connectivity index (χ3n) is 1.65. The Morgan fingerprint density at radius 3 is 2.60 bits per heavy atom. The Balaban J connectivity index is 0.00000196. The molecule has 82 valence electrons. The van der Waals surface area contributed by atoms with Gasteiger partial charge in [-0.1, -0.05) is 34.8 Å². The van der Waals surface area contributed by atoms with Crippen LogP contribution in [0.1, 0.15) is 18.0 Å². The topological polar surface area (TPSA) is 62.7 Å². The second-order valence-electron chi connectivity index (χ2n) is 2.59. The number of aromatic nitrogens is 1. The lowest BCUT2D eigenvalue weighted by molar-refractivity contribution is 0.747. The zero-order valence-electron chi connectivity index (χ0n) is 7.38. The second kappa shape index (κ2) is 6.37. The van der Waals surface area contributed by atoms with Crippen LogP contribution in [0.2, 0.25) is 15.2 Å². The van der Waals surface area contributed by atoms with E-state index in [4.69, 9.17) is 45.8 Å². The highest BCUT2D eigenvalue weighted by Gasteiger charge is 2.17. The Morgan fingerprint density at radius 1 is 1.47 bits per heavy atom. The summed E-state index contributed by atoms with van der Waals surface area (Å²) < 4.78 is 0. The number of rotatable bonds is 2.